The van der Waals surface area contributed by atoms with Crippen LogP contribution in [-0.4, -0.2) is 29.5 Å². The number of carbonyl (C=O) groups excluding carboxylic acids is 1. The zero-order valence-corrected chi connectivity index (χ0v) is 12.4. The van der Waals surface area contributed by atoms with E-state index in [1.807, 2.05) is 4.90 Å². The minimum Gasteiger partial charge on any atom is -0.491 e. The molecule has 110 valence electrons. The molecule has 0 aromatic heterocycles. The van der Waals surface area contributed by atoms with Crippen molar-refractivity contribution in [2.45, 2.75) is 52.1 Å². The molecule has 0 N–H and O–H groups in total. The zero-order chi connectivity index (χ0) is 14.7. The first kappa shape index (κ1) is 14.8. The summed E-state index contributed by atoms with van der Waals surface area (Å²) in [6.07, 6.45) is 3.16. The number of nitrogens with zero attached hydrogens (tertiary/aromatic N) is 1. The van der Waals surface area contributed by atoms with Crippen LogP contribution in [0.25, 0.3) is 0 Å². The Bertz CT molecular complexity index is 479. The number of hydrogen-bond acceptors (Lipinski definition) is 2. The summed E-state index contributed by atoms with van der Waals surface area (Å²) < 4.78 is 19.0. The molecule has 2 rings (SSSR count). The molecule has 1 fully saturated rings. The maximum atomic E-state index is 13.9. The Balaban J connectivity index is 2.22. The van der Waals surface area contributed by atoms with Crippen LogP contribution in [0.15, 0.2) is 18.2 Å². The van der Waals surface area contributed by atoms with Gasteiger partial charge in [0.2, 0.25) is 0 Å². The third-order valence-electron chi connectivity index (χ3n) is 3.91. The van der Waals surface area contributed by atoms with Crippen LogP contribution in [0.4, 0.5) is 4.39 Å². The second-order valence-electron chi connectivity index (χ2n) is 5.42. The van der Waals surface area contributed by atoms with Crippen LogP contribution in [-0.2, 0) is 0 Å². The molecular weight excluding hydrogens is 257 g/mol. The molecule has 2 atom stereocenters. The lowest BCUT2D eigenvalue weighted by atomic mass is 9.96. The van der Waals surface area contributed by atoms with Gasteiger partial charge in [-0.3, -0.25) is 4.79 Å². The van der Waals surface area contributed by atoms with Gasteiger partial charge in [0.25, 0.3) is 5.91 Å². The molecular formula is C16H22FNO2. The van der Waals surface area contributed by atoms with Crippen LogP contribution in [0.5, 0.6) is 5.75 Å². The lowest BCUT2D eigenvalue weighted by Crippen LogP contribution is -2.47. The fraction of sp³-hybridized carbons (Fsp3) is 0.562. The maximum Gasteiger partial charge on any atom is 0.254 e. The summed E-state index contributed by atoms with van der Waals surface area (Å²) in [7, 11) is 0. The van der Waals surface area contributed by atoms with Gasteiger partial charge in [-0.05, 0) is 58.2 Å². The Morgan fingerprint density at radius 2 is 2.00 bits per heavy atom. The Kier molecular flexibility index (Phi) is 4.63. The van der Waals surface area contributed by atoms with Gasteiger partial charge in [-0.25, -0.2) is 4.39 Å². The summed E-state index contributed by atoms with van der Waals surface area (Å²) in [5, 5.41) is 0. The van der Waals surface area contributed by atoms with E-state index < -0.39 is 5.82 Å². The maximum absolute atomic E-state index is 13.9. The van der Waals surface area contributed by atoms with Gasteiger partial charge in [-0.1, -0.05) is 0 Å². The molecule has 1 saturated heterocycles. The number of likely N-dealkylation sites (tertiary alicyclic amines) is 1. The molecule has 0 aliphatic carbocycles. The van der Waals surface area contributed by atoms with Gasteiger partial charge in [0.1, 0.15) is 0 Å². The van der Waals surface area contributed by atoms with Crippen molar-refractivity contribution in [3.05, 3.63) is 29.6 Å². The SMILES string of the molecule is CCOc1ccc(C(=O)N2C(C)CCCC2C)cc1F. The second kappa shape index (κ2) is 6.25. The normalized spacial score (nSPS) is 22.7. The number of hydrogen-bond donors (Lipinski definition) is 0. The van der Waals surface area contributed by atoms with E-state index in [1.54, 1.807) is 13.0 Å². The number of piperidine rings is 1. The van der Waals surface area contributed by atoms with Crippen LogP contribution in [0.1, 0.15) is 50.4 Å². The predicted octanol–water partition coefficient (Wildman–Crippen LogP) is 3.63. The van der Waals surface area contributed by atoms with Crippen LogP contribution in [0.3, 0.4) is 0 Å². The Hall–Kier alpha value is -1.58. The fourth-order valence-corrected chi connectivity index (χ4v) is 2.88. The highest BCUT2D eigenvalue weighted by Gasteiger charge is 2.29. The van der Waals surface area contributed by atoms with Crippen LogP contribution in [0.2, 0.25) is 0 Å². The molecule has 1 aromatic carbocycles. The van der Waals surface area contributed by atoms with E-state index in [-0.39, 0.29) is 23.7 Å². The van der Waals surface area contributed by atoms with Crippen molar-refractivity contribution in [2.75, 3.05) is 6.61 Å². The molecule has 3 nitrogen and oxygen atoms in total. The average Bonchev–Trinajstić information content (AvgIpc) is 2.41. The van der Waals surface area contributed by atoms with E-state index in [1.165, 1.54) is 12.1 Å². The van der Waals surface area contributed by atoms with Gasteiger partial charge < -0.3 is 9.64 Å². The topological polar surface area (TPSA) is 29.5 Å². The molecule has 20 heavy (non-hydrogen) atoms. The van der Waals surface area contributed by atoms with Crippen molar-refractivity contribution in [2.24, 2.45) is 0 Å². The first-order valence-electron chi connectivity index (χ1n) is 7.29. The number of rotatable bonds is 3. The third kappa shape index (κ3) is 2.94. The lowest BCUT2D eigenvalue weighted by Gasteiger charge is -2.39. The van der Waals surface area contributed by atoms with E-state index in [9.17, 15) is 9.18 Å². The summed E-state index contributed by atoms with van der Waals surface area (Å²) in [6.45, 7) is 6.32. The predicted molar refractivity (Wildman–Crippen MR) is 76.5 cm³/mol. The van der Waals surface area contributed by atoms with Crippen molar-refractivity contribution >= 4 is 5.91 Å². The highest BCUT2D eigenvalue weighted by molar-refractivity contribution is 5.94. The van der Waals surface area contributed by atoms with Crippen molar-refractivity contribution < 1.29 is 13.9 Å². The second-order valence-corrected chi connectivity index (χ2v) is 5.42. The van der Waals surface area contributed by atoms with Crippen molar-refractivity contribution in [3.63, 3.8) is 0 Å². The Morgan fingerprint density at radius 3 is 2.55 bits per heavy atom. The van der Waals surface area contributed by atoms with Gasteiger partial charge in [-0.15, -0.1) is 0 Å². The quantitative estimate of drug-likeness (QED) is 0.845. The third-order valence-corrected chi connectivity index (χ3v) is 3.91. The van der Waals surface area contributed by atoms with Gasteiger partial charge >= 0.3 is 0 Å². The minimum atomic E-state index is -0.477. The number of halogens is 1. The molecule has 1 aliphatic rings. The van der Waals surface area contributed by atoms with E-state index >= 15 is 0 Å². The molecule has 0 spiro atoms. The monoisotopic (exact) mass is 279 g/mol. The molecule has 1 aromatic rings. The van der Waals surface area contributed by atoms with Gasteiger partial charge in [0.15, 0.2) is 11.6 Å². The molecule has 0 bridgehead atoms. The first-order chi connectivity index (χ1) is 9.54. The van der Waals surface area contributed by atoms with E-state index in [0.717, 1.165) is 19.3 Å². The van der Waals surface area contributed by atoms with Crippen molar-refractivity contribution in [3.8, 4) is 5.75 Å². The Morgan fingerprint density at radius 1 is 1.35 bits per heavy atom. The van der Waals surface area contributed by atoms with Crippen LogP contribution >= 0.6 is 0 Å². The average molecular weight is 279 g/mol. The van der Waals surface area contributed by atoms with Crippen molar-refractivity contribution in [1.29, 1.82) is 0 Å². The number of carbonyl (C=O) groups is 1. The Labute approximate surface area is 119 Å². The lowest BCUT2D eigenvalue weighted by molar-refractivity contribution is 0.0510. The van der Waals surface area contributed by atoms with Crippen molar-refractivity contribution in [1.82, 2.24) is 4.90 Å². The highest BCUT2D eigenvalue weighted by Crippen LogP contribution is 2.26. The summed E-state index contributed by atoms with van der Waals surface area (Å²) in [5.41, 5.74) is 0.395. The molecule has 1 heterocycles. The molecule has 1 amide bonds. The molecule has 1 aliphatic heterocycles. The summed E-state index contributed by atoms with van der Waals surface area (Å²) in [4.78, 5) is 14.4. The molecule has 0 radical (unpaired) electrons. The number of benzene rings is 1. The standard InChI is InChI=1S/C16H22FNO2/c1-4-20-15-9-8-13(10-14(15)17)16(19)18-11(2)6-5-7-12(18)3/h8-12H,4-7H2,1-3H3. The fourth-order valence-electron chi connectivity index (χ4n) is 2.88. The van der Waals surface area contributed by atoms with Gasteiger partial charge in [0, 0.05) is 17.6 Å². The van der Waals surface area contributed by atoms with Crippen LogP contribution < -0.4 is 4.74 Å². The highest BCUT2D eigenvalue weighted by atomic mass is 19.1. The van der Waals surface area contributed by atoms with Gasteiger partial charge in [-0.2, -0.15) is 0 Å². The number of ether oxygens (including phenoxy) is 1. The summed E-state index contributed by atoms with van der Waals surface area (Å²) in [6, 6.07) is 4.87. The van der Waals surface area contributed by atoms with E-state index in [4.69, 9.17) is 4.74 Å². The molecule has 4 heteroatoms. The summed E-state index contributed by atoms with van der Waals surface area (Å²) in [5.74, 6) is -0.370. The number of amides is 1. The molecule has 0 saturated carbocycles. The molecule has 2 unspecified atom stereocenters. The summed E-state index contributed by atoms with van der Waals surface area (Å²) >= 11 is 0. The largest absolute Gasteiger partial charge is 0.491 e. The van der Waals surface area contributed by atoms with Gasteiger partial charge in [0.05, 0.1) is 6.61 Å². The minimum absolute atomic E-state index is 0.0911. The smallest absolute Gasteiger partial charge is 0.254 e. The van der Waals surface area contributed by atoms with E-state index in [0.29, 0.717) is 12.2 Å². The first-order valence-corrected chi connectivity index (χ1v) is 7.29. The zero-order valence-electron chi connectivity index (χ0n) is 12.4. The van der Waals surface area contributed by atoms with Crippen LogP contribution in [0, 0.1) is 5.82 Å². The van der Waals surface area contributed by atoms with E-state index in [2.05, 4.69) is 13.8 Å².